The molecule has 0 bridgehead atoms. The van der Waals surface area contributed by atoms with E-state index in [0.29, 0.717) is 23.2 Å². The summed E-state index contributed by atoms with van der Waals surface area (Å²) in [6, 6.07) is 13.0. The Morgan fingerprint density at radius 3 is 2.45 bits per heavy atom. The van der Waals surface area contributed by atoms with E-state index in [0.717, 1.165) is 5.56 Å². The number of rotatable bonds is 8. The first-order valence-electron chi connectivity index (χ1n) is 12.8. The average Bonchev–Trinajstić information content (AvgIpc) is 2.91. The summed E-state index contributed by atoms with van der Waals surface area (Å²) >= 11 is 0. The average molecular weight is 547 g/mol. The summed E-state index contributed by atoms with van der Waals surface area (Å²) < 4.78 is 13.6. The highest BCUT2D eigenvalue weighted by Gasteiger charge is 2.41. The molecule has 1 aliphatic rings. The number of hydrogen-bond donors (Lipinski definition) is 4. The topological polar surface area (TPSA) is 133 Å². The Morgan fingerprint density at radius 2 is 1.82 bits per heavy atom. The summed E-state index contributed by atoms with van der Waals surface area (Å²) in [7, 11) is 0. The van der Waals surface area contributed by atoms with Gasteiger partial charge in [0.25, 0.3) is 11.8 Å². The number of benzene rings is 2. The Kier molecular flexibility index (Phi) is 8.54. The SMILES string of the molecule is CC(C)(C)c1ccc(N(C(=O)C2NNC(=O)NC2=O)C(C(=O)NCCc2cccc(F)c2)c2cccnc2)cc1. The quantitative estimate of drug-likeness (QED) is 0.321. The van der Waals surface area contributed by atoms with E-state index in [9.17, 15) is 23.6 Å². The molecule has 5 amide bonds. The molecule has 1 fully saturated rings. The van der Waals surface area contributed by atoms with Crippen LogP contribution in [-0.2, 0) is 26.2 Å². The van der Waals surface area contributed by atoms with E-state index in [4.69, 9.17) is 0 Å². The van der Waals surface area contributed by atoms with Gasteiger partial charge in [-0.05, 0) is 53.3 Å². The lowest BCUT2D eigenvalue weighted by Crippen LogP contribution is -2.67. The van der Waals surface area contributed by atoms with Crippen LogP contribution in [0.5, 0.6) is 0 Å². The van der Waals surface area contributed by atoms with Gasteiger partial charge in [0.2, 0.25) is 5.91 Å². The number of anilines is 1. The van der Waals surface area contributed by atoms with Gasteiger partial charge in [-0.25, -0.2) is 14.6 Å². The van der Waals surface area contributed by atoms with Crippen LogP contribution in [0.15, 0.2) is 73.1 Å². The molecule has 2 heterocycles. The van der Waals surface area contributed by atoms with Gasteiger partial charge < -0.3 is 5.32 Å². The Labute approximate surface area is 231 Å². The third-order valence-electron chi connectivity index (χ3n) is 6.43. The molecule has 1 aromatic heterocycles. The minimum Gasteiger partial charge on any atom is -0.354 e. The lowest BCUT2D eigenvalue weighted by Gasteiger charge is -2.35. The molecule has 1 aliphatic heterocycles. The number of amides is 5. The summed E-state index contributed by atoms with van der Waals surface area (Å²) in [5.74, 6) is -2.53. The van der Waals surface area contributed by atoms with Gasteiger partial charge in [-0.2, -0.15) is 0 Å². The van der Waals surface area contributed by atoms with Crippen molar-refractivity contribution >= 4 is 29.4 Å². The van der Waals surface area contributed by atoms with Crippen molar-refractivity contribution in [3.8, 4) is 0 Å². The molecule has 11 heteroatoms. The molecule has 0 spiro atoms. The standard InChI is InChI=1S/C29H31FN6O4/c1-29(2,3)20-9-11-22(12-10-20)36(27(39)23-25(37)33-28(40)35-34-23)24(19-7-5-14-31-17-19)26(38)32-15-13-18-6-4-8-21(30)16-18/h4-12,14,16-17,23-24,34H,13,15H2,1-3H3,(H,32,38)(H2,33,35,37,40). The van der Waals surface area contributed by atoms with Crippen LogP contribution in [0.2, 0.25) is 0 Å². The van der Waals surface area contributed by atoms with Crippen LogP contribution >= 0.6 is 0 Å². The number of carbonyl (C=O) groups excluding carboxylic acids is 4. The largest absolute Gasteiger partial charge is 0.354 e. The molecule has 10 nitrogen and oxygen atoms in total. The number of nitrogens with zero attached hydrogens (tertiary/aromatic N) is 2. The normalized spacial score (nSPS) is 15.9. The Balaban J connectivity index is 1.71. The predicted octanol–water partition coefficient (Wildman–Crippen LogP) is 2.66. The summed E-state index contributed by atoms with van der Waals surface area (Å²) in [5.41, 5.74) is 6.96. The highest BCUT2D eigenvalue weighted by atomic mass is 19.1. The van der Waals surface area contributed by atoms with E-state index in [1.165, 1.54) is 23.2 Å². The molecule has 3 aromatic rings. The number of hydrazine groups is 1. The zero-order valence-electron chi connectivity index (χ0n) is 22.4. The van der Waals surface area contributed by atoms with Gasteiger partial charge in [0, 0.05) is 30.2 Å². The second-order valence-electron chi connectivity index (χ2n) is 10.4. The molecule has 0 aliphatic carbocycles. The van der Waals surface area contributed by atoms with E-state index >= 15 is 0 Å². The number of imide groups is 1. The molecule has 2 aromatic carbocycles. The second-order valence-corrected chi connectivity index (χ2v) is 10.4. The molecule has 4 rings (SSSR count). The van der Waals surface area contributed by atoms with Gasteiger partial charge in [0.1, 0.15) is 11.9 Å². The summed E-state index contributed by atoms with van der Waals surface area (Å²) in [6.07, 6.45) is 3.37. The van der Waals surface area contributed by atoms with E-state index in [1.807, 2.05) is 32.9 Å². The molecule has 2 atom stereocenters. The van der Waals surface area contributed by atoms with Crippen molar-refractivity contribution in [1.82, 2.24) is 26.5 Å². The van der Waals surface area contributed by atoms with Gasteiger partial charge in [0.05, 0.1) is 0 Å². The Bertz CT molecular complexity index is 1390. The van der Waals surface area contributed by atoms with Gasteiger partial charge in [0.15, 0.2) is 6.04 Å². The first-order chi connectivity index (χ1) is 19.0. The van der Waals surface area contributed by atoms with Crippen molar-refractivity contribution < 1.29 is 23.6 Å². The van der Waals surface area contributed by atoms with Gasteiger partial charge in [-0.3, -0.25) is 35.0 Å². The lowest BCUT2D eigenvalue weighted by atomic mass is 9.87. The van der Waals surface area contributed by atoms with Crippen molar-refractivity contribution in [1.29, 1.82) is 0 Å². The van der Waals surface area contributed by atoms with Crippen molar-refractivity contribution in [2.75, 3.05) is 11.4 Å². The third-order valence-corrected chi connectivity index (χ3v) is 6.43. The number of pyridine rings is 1. The molecule has 40 heavy (non-hydrogen) atoms. The van der Waals surface area contributed by atoms with Crippen LogP contribution in [0.3, 0.4) is 0 Å². The van der Waals surface area contributed by atoms with E-state index in [1.54, 1.807) is 42.6 Å². The Morgan fingerprint density at radius 1 is 1.07 bits per heavy atom. The smallest absolute Gasteiger partial charge is 0.335 e. The molecule has 208 valence electrons. The maximum atomic E-state index is 14.0. The second kappa shape index (κ2) is 12.0. The fourth-order valence-corrected chi connectivity index (χ4v) is 4.33. The van der Waals surface area contributed by atoms with Gasteiger partial charge in [-0.1, -0.05) is 51.1 Å². The number of urea groups is 1. The van der Waals surface area contributed by atoms with Crippen LogP contribution in [0.4, 0.5) is 14.9 Å². The van der Waals surface area contributed by atoms with Crippen molar-refractivity contribution in [2.45, 2.75) is 44.7 Å². The predicted molar refractivity (Wildman–Crippen MR) is 146 cm³/mol. The number of nitrogens with one attached hydrogen (secondary N) is 4. The van der Waals surface area contributed by atoms with Crippen molar-refractivity contribution in [3.63, 3.8) is 0 Å². The number of aromatic nitrogens is 1. The summed E-state index contributed by atoms with van der Waals surface area (Å²) in [4.78, 5) is 57.3. The minimum atomic E-state index is -1.50. The first kappa shape index (κ1) is 28.4. The van der Waals surface area contributed by atoms with Gasteiger partial charge >= 0.3 is 6.03 Å². The first-order valence-corrected chi connectivity index (χ1v) is 12.8. The van der Waals surface area contributed by atoms with Crippen LogP contribution in [0.1, 0.15) is 43.5 Å². The van der Waals surface area contributed by atoms with E-state index in [2.05, 4.69) is 26.5 Å². The molecule has 0 radical (unpaired) electrons. The van der Waals surface area contributed by atoms with Crippen LogP contribution in [0.25, 0.3) is 0 Å². The monoisotopic (exact) mass is 546 g/mol. The van der Waals surface area contributed by atoms with E-state index in [-0.39, 0.29) is 17.8 Å². The third kappa shape index (κ3) is 6.67. The van der Waals surface area contributed by atoms with E-state index < -0.39 is 35.8 Å². The fraction of sp³-hybridized carbons (Fsp3) is 0.276. The molecule has 1 saturated heterocycles. The van der Waals surface area contributed by atoms with Crippen LogP contribution < -0.4 is 26.4 Å². The lowest BCUT2D eigenvalue weighted by molar-refractivity contribution is -0.133. The summed E-state index contributed by atoms with van der Waals surface area (Å²) in [6.45, 7) is 6.32. The summed E-state index contributed by atoms with van der Waals surface area (Å²) in [5, 5.41) is 4.91. The highest BCUT2D eigenvalue weighted by Crippen LogP contribution is 2.31. The van der Waals surface area contributed by atoms with Gasteiger partial charge in [-0.15, -0.1) is 0 Å². The van der Waals surface area contributed by atoms with Crippen molar-refractivity contribution in [2.24, 2.45) is 0 Å². The molecule has 0 saturated carbocycles. The fourth-order valence-electron chi connectivity index (χ4n) is 4.33. The maximum Gasteiger partial charge on any atom is 0.335 e. The maximum absolute atomic E-state index is 14.0. The van der Waals surface area contributed by atoms with Crippen LogP contribution in [-0.4, -0.2) is 41.3 Å². The molecular weight excluding hydrogens is 515 g/mol. The van der Waals surface area contributed by atoms with Crippen molar-refractivity contribution in [3.05, 3.63) is 95.6 Å². The number of hydrogen-bond acceptors (Lipinski definition) is 6. The molecule has 2 unspecified atom stereocenters. The zero-order valence-corrected chi connectivity index (χ0v) is 22.4. The molecular formula is C29H31FN6O4. The molecule has 4 N–H and O–H groups in total. The zero-order chi connectivity index (χ0) is 28.9. The highest BCUT2D eigenvalue weighted by molar-refractivity contribution is 6.17. The number of carbonyl (C=O) groups is 4. The minimum absolute atomic E-state index is 0.167. The number of halogens is 1. The Hall–Kier alpha value is -4.64. The van der Waals surface area contributed by atoms with Crippen LogP contribution in [0, 0.1) is 5.82 Å².